The van der Waals surface area contributed by atoms with Crippen LogP contribution < -0.4 is 5.32 Å². The summed E-state index contributed by atoms with van der Waals surface area (Å²) in [7, 11) is -2.87. The summed E-state index contributed by atoms with van der Waals surface area (Å²) in [4.78, 5) is 0. The number of benzene rings is 1. The Morgan fingerprint density at radius 3 is 2.30 bits per heavy atom. The largest absolute Gasteiger partial charge is 0.304 e. The molecule has 1 fully saturated rings. The van der Waals surface area contributed by atoms with Gasteiger partial charge < -0.3 is 5.32 Å². The van der Waals surface area contributed by atoms with E-state index in [0.717, 1.165) is 0 Å². The van der Waals surface area contributed by atoms with Gasteiger partial charge in [-0.15, -0.1) is 0 Å². The highest BCUT2D eigenvalue weighted by molar-refractivity contribution is 7.91. The first kappa shape index (κ1) is 15.5. The van der Waals surface area contributed by atoms with E-state index in [2.05, 4.69) is 45.1 Å². The highest BCUT2D eigenvalue weighted by Gasteiger charge is 2.39. The van der Waals surface area contributed by atoms with Crippen molar-refractivity contribution in [2.75, 3.05) is 11.5 Å². The fourth-order valence-electron chi connectivity index (χ4n) is 3.17. The van der Waals surface area contributed by atoms with Crippen LogP contribution >= 0.6 is 0 Å². The second-order valence-corrected chi connectivity index (χ2v) is 8.75. The Kier molecular flexibility index (Phi) is 4.00. The second-order valence-electron chi connectivity index (χ2n) is 6.56. The topological polar surface area (TPSA) is 46.2 Å². The Morgan fingerprint density at radius 2 is 1.75 bits per heavy atom. The summed E-state index contributed by atoms with van der Waals surface area (Å²) in [5.74, 6) is 0.545. The Hall–Kier alpha value is -0.870. The molecule has 1 aromatic rings. The molecule has 0 bridgehead atoms. The molecule has 2 unspecified atom stereocenters. The number of aryl methyl sites for hydroxylation is 3. The van der Waals surface area contributed by atoms with Crippen molar-refractivity contribution in [1.82, 2.24) is 5.32 Å². The van der Waals surface area contributed by atoms with Gasteiger partial charge in [0.15, 0.2) is 9.84 Å². The van der Waals surface area contributed by atoms with Gasteiger partial charge in [0.1, 0.15) is 0 Å². The third-order valence-electron chi connectivity index (χ3n) is 4.42. The summed E-state index contributed by atoms with van der Waals surface area (Å²) in [5, 5.41) is 3.54. The molecule has 1 saturated heterocycles. The summed E-state index contributed by atoms with van der Waals surface area (Å²) < 4.78 is 23.4. The first-order chi connectivity index (χ1) is 9.12. The van der Waals surface area contributed by atoms with E-state index < -0.39 is 9.84 Å². The van der Waals surface area contributed by atoms with Gasteiger partial charge in [-0.05, 0) is 63.3 Å². The van der Waals surface area contributed by atoms with Crippen LogP contribution in [-0.2, 0) is 9.84 Å². The van der Waals surface area contributed by atoms with Crippen molar-refractivity contribution in [3.63, 3.8) is 0 Å². The summed E-state index contributed by atoms with van der Waals surface area (Å²) in [6, 6.07) is 4.58. The van der Waals surface area contributed by atoms with Crippen LogP contribution in [0, 0.1) is 20.8 Å². The minimum absolute atomic E-state index is 0.160. The van der Waals surface area contributed by atoms with Gasteiger partial charge in [-0.1, -0.05) is 12.1 Å². The molecule has 0 amide bonds. The fraction of sp³-hybridized carbons (Fsp3) is 0.625. The van der Waals surface area contributed by atoms with Gasteiger partial charge in [-0.3, -0.25) is 0 Å². The zero-order valence-electron chi connectivity index (χ0n) is 13.1. The summed E-state index contributed by atoms with van der Waals surface area (Å²) >= 11 is 0. The number of nitrogens with one attached hydrogen (secondary N) is 1. The molecule has 20 heavy (non-hydrogen) atoms. The van der Waals surface area contributed by atoms with E-state index in [4.69, 9.17) is 0 Å². The number of rotatable bonds is 3. The van der Waals surface area contributed by atoms with Crippen LogP contribution in [0.1, 0.15) is 48.6 Å². The van der Waals surface area contributed by atoms with E-state index in [-0.39, 0.29) is 17.3 Å². The van der Waals surface area contributed by atoms with E-state index in [1.54, 1.807) is 0 Å². The monoisotopic (exact) mass is 295 g/mol. The molecule has 0 spiro atoms. The molecule has 1 aliphatic rings. The molecule has 1 heterocycles. The van der Waals surface area contributed by atoms with E-state index in [0.29, 0.717) is 12.2 Å². The van der Waals surface area contributed by atoms with E-state index in [9.17, 15) is 8.42 Å². The normalized spacial score (nSPS) is 26.6. The van der Waals surface area contributed by atoms with Crippen molar-refractivity contribution >= 4 is 9.84 Å². The lowest BCUT2D eigenvalue weighted by atomic mass is 9.93. The van der Waals surface area contributed by atoms with Crippen molar-refractivity contribution in [2.24, 2.45) is 0 Å². The Balaban J connectivity index is 2.21. The van der Waals surface area contributed by atoms with Crippen LogP contribution in [0.5, 0.6) is 0 Å². The van der Waals surface area contributed by atoms with Crippen molar-refractivity contribution in [2.45, 2.75) is 52.6 Å². The molecule has 112 valence electrons. The Morgan fingerprint density at radius 1 is 1.15 bits per heavy atom. The molecule has 0 radical (unpaired) electrons. The molecule has 2 atom stereocenters. The maximum Gasteiger partial charge on any atom is 0.152 e. The zero-order valence-corrected chi connectivity index (χ0v) is 13.9. The third-order valence-corrected chi connectivity index (χ3v) is 6.32. The summed E-state index contributed by atoms with van der Waals surface area (Å²) in [5.41, 5.74) is 4.80. The molecular weight excluding hydrogens is 270 g/mol. The lowest BCUT2D eigenvalue weighted by molar-refractivity contribution is 0.354. The molecule has 4 heteroatoms. The minimum atomic E-state index is -2.87. The van der Waals surface area contributed by atoms with Gasteiger partial charge in [0.25, 0.3) is 0 Å². The number of hydrogen-bond donors (Lipinski definition) is 1. The van der Waals surface area contributed by atoms with Gasteiger partial charge in [-0.2, -0.15) is 0 Å². The Labute approximate surface area is 122 Å². The summed E-state index contributed by atoms with van der Waals surface area (Å²) in [6.07, 6.45) is 0.698. The maximum atomic E-state index is 11.7. The van der Waals surface area contributed by atoms with Crippen molar-refractivity contribution in [3.8, 4) is 0 Å². The van der Waals surface area contributed by atoms with E-state index in [1.165, 1.54) is 22.3 Å². The van der Waals surface area contributed by atoms with Gasteiger partial charge in [0.05, 0.1) is 11.5 Å². The molecule has 0 saturated carbocycles. The predicted molar refractivity (Wildman–Crippen MR) is 83.9 cm³/mol. The smallest absolute Gasteiger partial charge is 0.152 e. The Bertz CT molecular complexity index is 622. The number of hydrogen-bond acceptors (Lipinski definition) is 3. The quantitative estimate of drug-likeness (QED) is 0.932. The first-order valence-electron chi connectivity index (χ1n) is 7.18. The van der Waals surface area contributed by atoms with Crippen LogP contribution in [0.25, 0.3) is 0 Å². The van der Waals surface area contributed by atoms with Crippen molar-refractivity contribution < 1.29 is 8.42 Å². The standard InChI is InChI=1S/C16H25NO2S/c1-11-8-13(3)15(9-12(11)2)14(4)17-16(5)6-7-20(18,19)10-16/h8-9,14,17H,6-7,10H2,1-5H3. The SMILES string of the molecule is Cc1cc(C)c(C(C)NC2(C)CCS(=O)(=O)C2)cc1C. The molecule has 2 rings (SSSR count). The van der Waals surface area contributed by atoms with E-state index in [1.807, 2.05) is 6.92 Å². The van der Waals surface area contributed by atoms with Crippen molar-refractivity contribution in [1.29, 1.82) is 0 Å². The van der Waals surface area contributed by atoms with Crippen LogP contribution in [0.4, 0.5) is 0 Å². The second kappa shape index (κ2) is 5.15. The molecule has 1 aliphatic heterocycles. The molecule has 1 N–H and O–H groups in total. The highest BCUT2D eigenvalue weighted by atomic mass is 32.2. The average molecular weight is 295 g/mol. The van der Waals surface area contributed by atoms with Crippen LogP contribution in [0.15, 0.2) is 12.1 Å². The molecular formula is C16H25NO2S. The maximum absolute atomic E-state index is 11.7. The van der Waals surface area contributed by atoms with Gasteiger partial charge in [-0.25, -0.2) is 8.42 Å². The fourth-order valence-corrected chi connectivity index (χ4v) is 5.28. The van der Waals surface area contributed by atoms with Crippen LogP contribution in [0.2, 0.25) is 0 Å². The highest BCUT2D eigenvalue weighted by Crippen LogP contribution is 2.28. The van der Waals surface area contributed by atoms with E-state index >= 15 is 0 Å². The minimum Gasteiger partial charge on any atom is -0.304 e. The van der Waals surface area contributed by atoms with Gasteiger partial charge >= 0.3 is 0 Å². The van der Waals surface area contributed by atoms with Crippen LogP contribution in [0.3, 0.4) is 0 Å². The molecule has 0 aliphatic carbocycles. The first-order valence-corrected chi connectivity index (χ1v) is 9.00. The third kappa shape index (κ3) is 3.23. The average Bonchev–Trinajstić information content (AvgIpc) is 2.57. The predicted octanol–water partition coefficient (Wildman–Crippen LogP) is 2.84. The zero-order chi connectivity index (χ0) is 15.1. The van der Waals surface area contributed by atoms with Gasteiger partial charge in [0.2, 0.25) is 0 Å². The lowest BCUT2D eigenvalue weighted by Crippen LogP contribution is -2.44. The van der Waals surface area contributed by atoms with Gasteiger partial charge in [0, 0.05) is 11.6 Å². The lowest BCUT2D eigenvalue weighted by Gasteiger charge is -2.30. The van der Waals surface area contributed by atoms with Crippen molar-refractivity contribution in [3.05, 3.63) is 34.4 Å². The number of sulfone groups is 1. The summed E-state index contributed by atoms with van der Waals surface area (Å²) in [6.45, 7) is 10.5. The molecule has 1 aromatic carbocycles. The molecule has 3 nitrogen and oxygen atoms in total. The molecule has 0 aromatic heterocycles. The van der Waals surface area contributed by atoms with Crippen LogP contribution in [-0.4, -0.2) is 25.5 Å².